The number of nitrogens with zero attached hydrogens (tertiary/aromatic N) is 3. The normalized spacial score (nSPS) is 11.7. The number of benzene rings is 2. The van der Waals surface area contributed by atoms with E-state index in [0.717, 1.165) is 16.9 Å². The second kappa shape index (κ2) is 7.84. The van der Waals surface area contributed by atoms with Crippen LogP contribution >= 0.6 is 11.3 Å². The highest BCUT2D eigenvalue weighted by atomic mass is 32.1. The van der Waals surface area contributed by atoms with Gasteiger partial charge in [0.2, 0.25) is 4.96 Å². The third-order valence-electron chi connectivity index (χ3n) is 4.39. The van der Waals surface area contributed by atoms with Crippen molar-refractivity contribution >= 4 is 22.4 Å². The average Bonchev–Trinajstić information content (AvgIpc) is 3.03. The van der Waals surface area contributed by atoms with Crippen molar-refractivity contribution in [3.8, 4) is 11.5 Å². The molecule has 0 aliphatic carbocycles. The van der Waals surface area contributed by atoms with Gasteiger partial charge in [0.15, 0.2) is 0 Å². The highest BCUT2D eigenvalue weighted by molar-refractivity contribution is 7.15. The van der Waals surface area contributed by atoms with E-state index in [9.17, 15) is 9.59 Å². The topological polar surface area (TPSA) is 82.8 Å². The summed E-state index contributed by atoms with van der Waals surface area (Å²) in [7, 11) is 3.12. The molecule has 0 N–H and O–H groups in total. The Hall–Kier alpha value is -3.52. The summed E-state index contributed by atoms with van der Waals surface area (Å²) in [5.74, 6) is 1.24. The molecule has 2 aromatic carbocycles. The van der Waals surface area contributed by atoms with Gasteiger partial charge in [-0.15, -0.1) is 0 Å². The first-order chi connectivity index (χ1) is 14.1. The van der Waals surface area contributed by atoms with E-state index in [0.29, 0.717) is 28.0 Å². The summed E-state index contributed by atoms with van der Waals surface area (Å²) in [5, 5.41) is 4.27. The lowest BCUT2D eigenvalue weighted by Crippen LogP contribution is -2.28. The Balaban J connectivity index is 1.84. The Morgan fingerprint density at radius 2 is 1.86 bits per heavy atom. The third kappa shape index (κ3) is 3.74. The van der Waals surface area contributed by atoms with Gasteiger partial charge in [-0.05, 0) is 29.8 Å². The van der Waals surface area contributed by atoms with E-state index in [1.54, 1.807) is 38.5 Å². The lowest BCUT2D eigenvalue weighted by molar-refractivity contribution is 0.402. The Morgan fingerprint density at radius 1 is 1.07 bits per heavy atom. The molecule has 0 saturated heterocycles. The highest BCUT2D eigenvalue weighted by Gasteiger charge is 2.12. The van der Waals surface area contributed by atoms with Crippen molar-refractivity contribution in [2.45, 2.75) is 6.42 Å². The van der Waals surface area contributed by atoms with Gasteiger partial charge in [-0.25, -0.2) is 0 Å². The standard InChI is InChI=1S/C21H17N3O4S/c1-27-15-8-9-17(28-2)14(11-15)12-18-20(26)24-21(29-18)22-19(25)16(23-24)10-13-6-4-3-5-7-13/h3-9,11-12H,10H2,1-2H3/b18-12-. The van der Waals surface area contributed by atoms with Crippen LogP contribution in [-0.2, 0) is 6.42 Å². The van der Waals surface area contributed by atoms with Crippen LogP contribution < -0.4 is 25.1 Å². The first kappa shape index (κ1) is 18.8. The van der Waals surface area contributed by atoms with E-state index in [1.807, 2.05) is 30.3 Å². The zero-order chi connectivity index (χ0) is 20.4. The minimum atomic E-state index is -0.430. The Morgan fingerprint density at radius 3 is 2.59 bits per heavy atom. The maximum absolute atomic E-state index is 12.9. The Labute approximate surface area is 169 Å². The smallest absolute Gasteiger partial charge is 0.296 e. The van der Waals surface area contributed by atoms with Crippen molar-refractivity contribution in [1.82, 2.24) is 14.6 Å². The minimum Gasteiger partial charge on any atom is -0.497 e. The molecule has 0 amide bonds. The molecule has 2 heterocycles. The number of hydrogen-bond acceptors (Lipinski definition) is 7. The maximum atomic E-state index is 12.9. The molecule has 0 aliphatic rings. The predicted octanol–water partition coefficient (Wildman–Crippen LogP) is 1.67. The number of rotatable bonds is 5. The number of hydrogen-bond donors (Lipinski definition) is 0. The monoisotopic (exact) mass is 407 g/mol. The van der Waals surface area contributed by atoms with Crippen LogP contribution in [0.4, 0.5) is 0 Å². The van der Waals surface area contributed by atoms with Gasteiger partial charge in [-0.1, -0.05) is 41.7 Å². The van der Waals surface area contributed by atoms with Gasteiger partial charge in [0.25, 0.3) is 11.1 Å². The van der Waals surface area contributed by atoms with E-state index >= 15 is 0 Å². The van der Waals surface area contributed by atoms with Crippen LogP contribution in [0.15, 0.2) is 58.1 Å². The predicted molar refractivity (Wildman–Crippen MR) is 111 cm³/mol. The quantitative estimate of drug-likeness (QED) is 0.501. The molecule has 0 atom stereocenters. The summed E-state index contributed by atoms with van der Waals surface area (Å²) >= 11 is 1.11. The number of thiazole rings is 1. The van der Waals surface area contributed by atoms with E-state index in [-0.39, 0.29) is 16.2 Å². The molecule has 0 bridgehead atoms. The van der Waals surface area contributed by atoms with Crippen LogP contribution in [0.2, 0.25) is 0 Å². The van der Waals surface area contributed by atoms with Crippen molar-refractivity contribution in [2.75, 3.05) is 14.2 Å². The van der Waals surface area contributed by atoms with E-state index in [2.05, 4.69) is 10.1 Å². The van der Waals surface area contributed by atoms with Gasteiger partial charge in [-0.2, -0.15) is 14.6 Å². The van der Waals surface area contributed by atoms with Crippen LogP contribution in [0, 0.1) is 0 Å². The molecule has 0 spiro atoms. The van der Waals surface area contributed by atoms with Crippen LogP contribution in [0.1, 0.15) is 16.8 Å². The Bertz CT molecular complexity index is 1350. The average molecular weight is 407 g/mol. The maximum Gasteiger partial charge on any atom is 0.296 e. The summed E-state index contributed by atoms with van der Waals surface area (Å²) in [5.41, 5.74) is 1.07. The summed E-state index contributed by atoms with van der Waals surface area (Å²) in [4.78, 5) is 29.6. The van der Waals surface area contributed by atoms with Crippen molar-refractivity contribution in [3.63, 3.8) is 0 Å². The lowest BCUT2D eigenvalue weighted by Gasteiger charge is -2.06. The van der Waals surface area contributed by atoms with Crippen LogP contribution in [0.3, 0.4) is 0 Å². The molecule has 7 nitrogen and oxygen atoms in total. The second-order valence-electron chi connectivity index (χ2n) is 6.24. The summed E-state index contributed by atoms with van der Waals surface area (Å²) in [6, 6.07) is 14.8. The second-order valence-corrected chi connectivity index (χ2v) is 7.25. The molecule has 29 heavy (non-hydrogen) atoms. The van der Waals surface area contributed by atoms with E-state index < -0.39 is 5.56 Å². The number of fused-ring (bicyclic) bond motifs is 1. The third-order valence-corrected chi connectivity index (χ3v) is 5.35. The van der Waals surface area contributed by atoms with Gasteiger partial charge in [0, 0.05) is 12.0 Å². The summed E-state index contributed by atoms with van der Waals surface area (Å²) in [6.07, 6.45) is 2.00. The zero-order valence-electron chi connectivity index (χ0n) is 15.8. The molecule has 146 valence electrons. The van der Waals surface area contributed by atoms with E-state index in [4.69, 9.17) is 9.47 Å². The molecule has 4 rings (SSSR count). The minimum absolute atomic E-state index is 0.231. The molecule has 8 heteroatoms. The molecular weight excluding hydrogens is 390 g/mol. The largest absolute Gasteiger partial charge is 0.497 e. The molecule has 0 fully saturated rings. The molecule has 0 aliphatic heterocycles. The SMILES string of the molecule is COc1ccc(OC)c(/C=c2\sc3nc(=O)c(Cc4ccccc4)nn3c2=O)c1. The van der Waals surface area contributed by atoms with Crippen molar-refractivity contribution < 1.29 is 9.47 Å². The fraction of sp³-hybridized carbons (Fsp3) is 0.143. The van der Waals surface area contributed by atoms with Gasteiger partial charge < -0.3 is 9.47 Å². The fourth-order valence-corrected chi connectivity index (χ4v) is 3.83. The fourth-order valence-electron chi connectivity index (χ4n) is 2.93. The Kier molecular flexibility index (Phi) is 5.09. The first-order valence-corrected chi connectivity index (χ1v) is 9.61. The molecule has 4 aromatic rings. The van der Waals surface area contributed by atoms with Crippen LogP contribution in [0.5, 0.6) is 11.5 Å². The molecule has 0 unspecified atom stereocenters. The lowest BCUT2D eigenvalue weighted by atomic mass is 10.1. The van der Waals surface area contributed by atoms with Gasteiger partial charge in [0.05, 0.1) is 18.8 Å². The molecule has 0 radical (unpaired) electrons. The summed E-state index contributed by atoms with van der Waals surface area (Å²) in [6.45, 7) is 0. The van der Waals surface area contributed by atoms with Crippen LogP contribution in [0.25, 0.3) is 11.0 Å². The van der Waals surface area contributed by atoms with Gasteiger partial charge in [0.1, 0.15) is 17.2 Å². The van der Waals surface area contributed by atoms with Crippen molar-refractivity contribution in [2.24, 2.45) is 0 Å². The first-order valence-electron chi connectivity index (χ1n) is 8.79. The summed E-state index contributed by atoms with van der Waals surface area (Å²) < 4.78 is 12.2. The van der Waals surface area contributed by atoms with Gasteiger partial charge >= 0.3 is 0 Å². The zero-order valence-corrected chi connectivity index (χ0v) is 16.6. The molecular formula is C21H17N3O4S. The molecule has 0 saturated carbocycles. The number of methoxy groups -OCH3 is 2. The molecule has 2 aromatic heterocycles. The van der Waals surface area contributed by atoms with Crippen molar-refractivity contribution in [3.05, 3.63) is 90.6 Å². The van der Waals surface area contributed by atoms with Crippen LogP contribution in [-0.4, -0.2) is 28.8 Å². The van der Waals surface area contributed by atoms with E-state index in [1.165, 1.54) is 4.52 Å². The number of ether oxygens (including phenoxy) is 2. The van der Waals surface area contributed by atoms with Crippen molar-refractivity contribution in [1.29, 1.82) is 0 Å². The number of aromatic nitrogens is 3. The highest BCUT2D eigenvalue weighted by Crippen LogP contribution is 2.24. The van der Waals surface area contributed by atoms with Gasteiger partial charge in [-0.3, -0.25) is 9.59 Å².